The Bertz CT molecular complexity index is 566. The first-order chi connectivity index (χ1) is 9.27. The molecule has 0 atom stereocenters. The molecule has 0 bridgehead atoms. The predicted molar refractivity (Wildman–Crippen MR) is 74.9 cm³/mol. The Morgan fingerprint density at radius 1 is 1.32 bits per heavy atom. The Morgan fingerprint density at radius 3 is 2.84 bits per heavy atom. The lowest BCUT2D eigenvalue weighted by molar-refractivity contribution is 0.103. The van der Waals surface area contributed by atoms with Gasteiger partial charge in [-0.15, -0.1) is 5.10 Å². The number of ether oxygens (including phenoxy) is 1. The van der Waals surface area contributed by atoms with E-state index in [1.54, 1.807) is 6.07 Å². The molecule has 0 amide bonds. The average molecular weight is 276 g/mol. The largest absolute Gasteiger partial charge is 0.493 e. The monoisotopic (exact) mass is 276 g/mol. The number of aromatic nitrogens is 2. The molecule has 0 saturated carbocycles. The summed E-state index contributed by atoms with van der Waals surface area (Å²) in [6.07, 6.45) is 1.72. The Hall–Kier alpha value is -1.75. The van der Waals surface area contributed by atoms with Crippen LogP contribution in [0.15, 0.2) is 24.3 Å². The van der Waals surface area contributed by atoms with E-state index in [1.807, 2.05) is 25.1 Å². The molecule has 4 nitrogen and oxygen atoms in total. The molecule has 1 aromatic heterocycles. The number of ketones is 1. The first-order valence-corrected chi connectivity index (χ1v) is 7.13. The first kappa shape index (κ1) is 13.7. The van der Waals surface area contributed by atoms with Gasteiger partial charge in [0.15, 0.2) is 0 Å². The van der Waals surface area contributed by atoms with Crippen molar-refractivity contribution in [3.05, 3.63) is 40.4 Å². The molecule has 100 valence electrons. The number of benzene rings is 1. The highest BCUT2D eigenvalue weighted by atomic mass is 32.1. The van der Waals surface area contributed by atoms with Gasteiger partial charge in [-0.3, -0.25) is 4.79 Å². The second kappa shape index (κ2) is 6.43. The van der Waals surface area contributed by atoms with Crippen LogP contribution in [0, 0.1) is 0 Å². The molecule has 0 spiro atoms. The van der Waals surface area contributed by atoms with Gasteiger partial charge in [0.05, 0.1) is 17.9 Å². The van der Waals surface area contributed by atoms with Crippen molar-refractivity contribution in [2.75, 3.05) is 6.61 Å². The maximum atomic E-state index is 12.5. The van der Waals surface area contributed by atoms with Crippen LogP contribution in [0.1, 0.15) is 41.2 Å². The van der Waals surface area contributed by atoms with Gasteiger partial charge in [-0.05, 0) is 37.0 Å². The number of para-hydroxylation sites is 1. The number of hydrogen-bond acceptors (Lipinski definition) is 5. The van der Waals surface area contributed by atoms with E-state index in [4.69, 9.17) is 4.74 Å². The quantitative estimate of drug-likeness (QED) is 0.761. The van der Waals surface area contributed by atoms with E-state index >= 15 is 0 Å². The van der Waals surface area contributed by atoms with Crippen molar-refractivity contribution >= 4 is 17.3 Å². The molecule has 19 heavy (non-hydrogen) atoms. The summed E-state index contributed by atoms with van der Waals surface area (Å²) in [5.41, 5.74) is 1.36. The number of rotatable bonds is 6. The van der Waals surface area contributed by atoms with Crippen LogP contribution in [-0.4, -0.2) is 22.0 Å². The molecule has 1 aromatic carbocycles. The van der Waals surface area contributed by atoms with E-state index in [9.17, 15) is 4.79 Å². The molecule has 1 heterocycles. The Kier molecular flexibility index (Phi) is 4.63. The molecular formula is C14H16N2O2S. The van der Waals surface area contributed by atoms with Crippen LogP contribution >= 0.6 is 11.5 Å². The smallest absolute Gasteiger partial charge is 0.210 e. The normalized spacial score (nSPS) is 10.4. The number of aryl methyl sites for hydroxylation is 1. The van der Waals surface area contributed by atoms with Gasteiger partial charge in [-0.25, -0.2) is 0 Å². The summed E-state index contributed by atoms with van der Waals surface area (Å²) >= 11 is 1.15. The summed E-state index contributed by atoms with van der Waals surface area (Å²) in [7, 11) is 0. The van der Waals surface area contributed by atoms with Gasteiger partial charge in [0.2, 0.25) is 5.78 Å². The second-order valence-electron chi connectivity index (χ2n) is 4.06. The third-order valence-electron chi connectivity index (χ3n) is 2.68. The minimum atomic E-state index is -0.0532. The number of hydrogen-bond donors (Lipinski definition) is 0. The molecule has 2 aromatic rings. The summed E-state index contributed by atoms with van der Waals surface area (Å²) in [5.74, 6) is 0.563. The molecule has 0 radical (unpaired) electrons. The molecular weight excluding hydrogens is 260 g/mol. The Labute approximate surface area is 116 Å². The zero-order valence-electron chi connectivity index (χ0n) is 11.0. The highest BCUT2D eigenvalue weighted by Gasteiger charge is 2.20. The van der Waals surface area contributed by atoms with E-state index in [1.165, 1.54) is 0 Å². The zero-order chi connectivity index (χ0) is 13.7. The summed E-state index contributed by atoms with van der Waals surface area (Å²) in [6, 6.07) is 7.29. The molecule has 0 aliphatic carbocycles. The average Bonchev–Trinajstić information content (AvgIpc) is 2.88. The fourth-order valence-electron chi connectivity index (χ4n) is 1.84. The zero-order valence-corrected chi connectivity index (χ0v) is 11.9. The maximum absolute atomic E-state index is 12.5. The summed E-state index contributed by atoms with van der Waals surface area (Å²) in [5, 5.41) is 4.04. The van der Waals surface area contributed by atoms with Gasteiger partial charge in [0.25, 0.3) is 0 Å². The van der Waals surface area contributed by atoms with Crippen molar-refractivity contribution in [1.82, 2.24) is 9.59 Å². The number of nitrogens with zero attached hydrogens (tertiary/aromatic N) is 2. The molecule has 5 heteroatoms. The van der Waals surface area contributed by atoms with Crippen molar-refractivity contribution in [3.8, 4) is 5.75 Å². The molecule has 0 fully saturated rings. The lowest BCUT2D eigenvalue weighted by atomic mass is 10.1. The van der Waals surface area contributed by atoms with Gasteiger partial charge in [-0.1, -0.05) is 30.0 Å². The second-order valence-corrected chi connectivity index (χ2v) is 4.81. The molecule has 0 unspecified atom stereocenters. The van der Waals surface area contributed by atoms with Gasteiger partial charge in [-0.2, -0.15) is 0 Å². The highest BCUT2D eigenvalue weighted by Crippen LogP contribution is 2.24. The number of carbonyl (C=O) groups is 1. The van der Waals surface area contributed by atoms with Crippen molar-refractivity contribution < 1.29 is 9.53 Å². The van der Waals surface area contributed by atoms with E-state index in [2.05, 4.69) is 16.5 Å². The van der Waals surface area contributed by atoms with Gasteiger partial charge < -0.3 is 4.74 Å². The van der Waals surface area contributed by atoms with Crippen LogP contribution in [0.25, 0.3) is 0 Å². The van der Waals surface area contributed by atoms with Gasteiger partial charge in [0.1, 0.15) is 10.6 Å². The topological polar surface area (TPSA) is 52.1 Å². The SMILES string of the molecule is CCCc1nnsc1C(=O)c1ccccc1OCC. The summed E-state index contributed by atoms with van der Waals surface area (Å²) < 4.78 is 9.39. The van der Waals surface area contributed by atoms with Crippen LogP contribution < -0.4 is 4.74 Å². The van der Waals surface area contributed by atoms with E-state index in [0.717, 1.165) is 30.1 Å². The minimum absolute atomic E-state index is 0.0532. The molecule has 0 aliphatic rings. The number of carbonyl (C=O) groups excluding carboxylic acids is 1. The van der Waals surface area contributed by atoms with Crippen LogP contribution in [0.3, 0.4) is 0 Å². The fraction of sp³-hybridized carbons (Fsp3) is 0.357. The molecule has 0 aliphatic heterocycles. The van der Waals surface area contributed by atoms with E-state index in [-0.39, 0.29) is 5.78 Å². The summed E-state index contributed by atoms with van der Waals surface area (Å²) in [6.45, 7) is 4.49. The Morgan fingerprint density at radius 2 is 2.11 bits per heavy atom. The summed E-state index contributed by atoms with van der Waals surface area (Å²) in [4.78, 5) is 13.2. The van der Waals surface area contributed by atoms with Crippen molar-refractivity contribution in [3.63, 3.8) is 0 Å². The highest BCUT2D eigenvalue weighted by molar-refractivity contribution is 7.08. The van der Waals surface area contributed by atoms with E-state index in [0.29, 0.717) is 22.8 Å². The van der Waals surface area contributed by atoms with Crippen molar-refractivity contribution in [2.24, 2.45) is 0 Å². The van der Waals surface area contributed by atoms with Crippen molar-refractivity contribution in [2.45, 2.75) is 26.7 Å². The van der Waals surface area contributed by atoms with Crippen LogP contribution in [0.5, 0.6) is 5.75 Å². The first-order valence-electron chi connectivity index (χ1n) is 6.35. The fourth-order valence-corrected chi connectivity index (χ4v) is 2.50. The third kappa shape index (κ3) is 2.98. The van der Waals surface area contributed by atoms with Gasteiger partial charge >= 0.3 is 0 Å². The van der Waals surface area contributed by atoms with Crippen LogP contribution in [0.2, 0.25) is 0 Å². The maximum Gasteiger partial charge on any atom is 0.210 e. The lowest BCUT2D eigenvalue weighted by Crippen LogP contribution is -2.06. The van der Waals surface area contributed by atoms with Gasteiger partial charge in [0, 0.05) is 0 Å². The predicted octanol–water partition coefficient (Wildman–Crippen LogP) is 3.12. The molecule has 2 rings (SSSR count). The molecule has 0 N–H and O–H groups in total. The van der Waals surface area contributed by atoms with Crippen LogP contribution in [0.4, 0.5) is 0 Å². The standard InChI is InChI=1S/C14H16N2O2S/c1-3-7-11-14(19-16-15-11)13(17)10-8-5-6-9-12(10)18-4-2/h5-6,8-9H,3-4,7H2,1-2H3. The van der Waals surface area contributed by atoms with Crippen LogP contribution in [-0.2, 0) is 6.42 Å². The lowest BCUT2D eigenvalue weighted by Gasteiger charge is -2.08. The van der Waals surface area contributed by atoms with E-state index < -0.39 is 0 Å². The molecule has 0 saturated heterocycles. The Balaban J connectivity index is 2.36. The third-order valence-corrected chi connectivity index (χ3v) is 3.45. The minimum Gasteiger partial charge on any atom is -0.493 e. The van der Waals surface area contributed by atoms with Crippen molar-refractivity contribution in [1.29, 1.82) is 0 Å².